The molecule has 1 aromatic rings. The third-order valence-electron chi connectivity index (χ3n) is 8.57. The van der Waals surface area contributed by atoms with E-state index in [1.165, 1.54) is 13.2 Å². The Balaban J connectivity index is 1.68. The summed E-state index contributed by atoms with van der Waals surface area (Å²) in [5.74, 6) is -6.80. The molecule has 5 rings (SSSR count). The molecule has 1 aliphatic heterocycles. The maximum Gasteiger partial charge on any atom is 0.255 e. The van der Waals surface area contributed by atoms with Crippen molar-refractivity contribution in [3.8, 4) is 11.5 Å². The number of hydrogen-bond donors (Lipinski definition) is 6. The number of nitrogens with two attached hydrogens (primary N) is 2. The fourth-order valence-electron chi connectivity index (χ4n) is 6.83. The lowest BCUT2D eigenvalue weighted by Gasteiger charge is -2.47. The van der Waals surface area contributed by atoms with E-state index in [9.17, 15) is 34.8 Å². The minimum absolute atomic E-state index is 0.00624. The average Bonchev–Trinajstić information content (AvgIpc) is 3.33. The first-order valence-corrected chi connectivity index (χ1v) is 12.4. The van der Waals surface area contributed by atoms with Crippen LogP contribution in [0.4, 0.5) is 0 Å². The topological polar surface area (TPSA) is 197 Å². The Kier molecular flexibility index (Phi) is 5.85. The summed E-state index contributed by atoms with van der Waals surface area (Å²) >= 11 is 0. The van der Waals surface area contributed by atoms with E-state index < -0.39 is 58.0 Å². The smallest absolute Gasteiger partial charge is 0.255 e. The molecule has 37 heavy (non-hydrogen) atoms. The van der Waals surface area contributed by atoms with Crippen LogP contribution >= 0.6 is 0 Å². The number of aliphatic hydroxyl groups is 3. The second kappa shape index (κ2) is 8.57. The Labute approximate surface area is 213 Å². The van der Waals surface area contributed by atoms with Crippen LogP contribution in [0.3, 0.4) is 0 Å². The zero-order valence-electron chi connectivity index (χ0n) is 20.7. The molecule has 8 N–H and O–H groups in total. The third-order valence-corrected chi connectivity index (χ3v) is 8.57. The Morgan fingerprint density at radius 2 is 1.97 bits per heavy atom. The number of Topliss-reactive ketones (excluding diaryl/α,β-unsaturated/α-hetero) is 2. The standard InChI is InChI=1S/C26H31N3O8/c1-3-29-6-4-5-14(29)11-9-15(30)17-12(22(11)37-2)7-10-8-13-19(27)21(32)18(25(28)35)24(34)26(13,36)23(33)16(10)20(17)31/h9-10,13-14,19,30,32-33,36H,3-8,27H2,1-2H3,(H2,28,35)/t10-,13-,14?,19-,26-/m0/s1. The van der Waals surface area contributed by atoms with Crippen molar-refractivity contribution in [2.24, 2.45) is 23.3 Å². The number of aromatic hydroxyl groups is 1. The second-order valence-electron chi connectivity index (χ2n) is 10.2. The van der Waals surface area contributed by atoms with Gasteiger partial charge in [-0.25, -0.2) is 0 Å². The van der Waals surface area contributed by atoms with E-state index in [4.69, 9.17) is 16.2 Å². The summed E-state index contributed by atoms with van der Waals surface area (Å²) < 4.78 is 5.79. The molecule has 1 unspecified atom stereocenters. The number of phenolic OH excluding ortho intramolecular Hbond substituents is 1. The maximum atomic E-state index is 13.7. The van der Waals surface area contributed by atoms with Crippen LogP contribution in [-0.2, 0) is 16.0 Å². The first-order chi connectivity index (χ1) is 17.5. The number of carbonyl (C=O) groups excluding carboxylic acids is 3. The summed E-state index contributed by atoms with van der Waals surface area (Å²) in [7, 11) is 1.50. The number of hydrogen-bond acceptors (Lipinski definition) is 10. The highest BCUT2D eigenvalue weighted by molar-refractivity contribution is 6.24. The first kappa shape index (κ1) is 25.2. The van der Waals surface area contributed by atoms with Gasteiger partial charge in [-0.15, -0.1) is 0 Å². The number of allylic oxidation sites excluding steroid dienone is 1. The Hall–Kier alpha value is -3.41. The van der Waals surface area contributed by atoms with E-state index in [1.54, 1.807) is 0 Å². The number of rotatable bonds is 4. The Morgan fingerprint density at radius 3 is 2.59 bits per heavy atom. The first-order valence-electron chi connectivity index (χ1n) is 12.4. The van der Waals surface area contributed by atoms with Gasteiger partial charge < -0.3 is 36.6 Å². The minimum atomic E-state index is -2.72. The van der Waals surface area contributed by atoms with Crippen LogP contribution in [0.1, 0.15) is 53.7 Å². The van der Waals surface area contributed by atoms with E-state index in [2.05, 4.69) is 11.8 Å². The molecule has 0 aromatic heterocycles. The SMILES string of the molecule is CCN1CCCC1c1cc(O)c2c(c1OC)C[C@H]1C[C@H]3[C@H](N)C(O)=C(C(N)=O)C(=O)[C@@]3(O)C(O)=C1C2=O. The van der Waals surface area contributed by atoms with Crippen molar-refractivity contribution < 1.29 is 39.5 Å². The summed E-state index contributed by atoms with van der Waals surface area (Å²) in [6.07, 6.45) is 1.96. The monoisotopic (exact) mass is 513 g/mol. The number of methoxy groups -OCH3 is 1. The molecule has 11 nitrogen and oxygen atoms in total. The van der Waals surface area contributed by atoms with Gasteiger partial charge in [0.1, 0.15) is 28.6 Å². The fraction of sp³-hybridized carbons (Fsp3) is 0.500. The van der Waals surface area contributed by atoms with Crippen LogP contribution < -0.4 is 16.2 Å². The number of aliphatic hydroxyl groups excluding tert-OH is 2. The molecule has 1 amide bonds. The molecular weight excluding hydrogens is 482 g/mol. The quantitative estimate of drug-likeness (QED) is 0.311. The van der Waals surface area contributed by atoms with Crippen LogP contribution in [0.5, 0.6) is 11.5 Å². The van der Waals surface area contributed by atoms with E-state index in [1.807, 2.05) is 0 Å². The number of amides is 1. The van der Waals surface area contributed by atoms with Crippen molar-refractivity contribution in [2.45, 2.75) is 50.3 Å². The van der Waals surface area contributed by atoms with Crippen molar-refractivity contribution in [1.82, 2.24) is 4.90 Å². The minimum Gasteiger partial charge on any atom is -0.510 e. The van der Waals surface area contributed by atoms with Gasteiger partial charge in [-0.1, -0.05) is 6.92 Å². The van der Waals surface area contributed by atoms with Crippen molar-refractivity contribution in [3.05, 3.63) is 45.4 Å². The number of benzene rings is 1. The van der Waals surface area contributed by atoms with Crippen LogP contribution in [0.25, 0.3) is 0 Å². The number of phenols is 1. The summed E-state index contributed by atoms with van der Waals surface area (Å²) in [4.78, 5) is 41.0. The van der Waals surface area contributed by atoms with Gasteiger partial charge in [0.25, 0.3) is 5.91 Å². The number of ketones is 2. The average molecular weight is 514 g/mol. The molecule has 11 heteroatoms. The fourth-order valence-corrected chi connectivity index (χ4v) is 6.83. The molecule has 0 radical (unpaired) electrons. The molecule has 3 aliphatic carbocycles. The molecular formula is C26H31N3O8. The van der Waals surface area contributed by atoms with E-state index >= 15 is 0 Å². The summed E-state index contributed by atoms with van der Waals surface area (Å²) in [6, 6.07) is 0.135. The lowest BCUT2D eigenvalue weighted by Crippen LogP contribution is -2.63. The number of likely N-dealkylation sites (tertiary alicyclic amines) is 1. The molecule has 0 spiro atoms. The third kappa shape index (κ3) is 3.27. The largest absolute Gasteiger partial charge is 0.510 e. The predicted molar refractivity (Wildman–Crippen MR) is 130 cm³/mol. The van der Waals surface area contributed by atoms with Gasteiger partial charge in [-0.3, -0.25) is 19.3 Å². The number of primary amides is 1. The van der Waals surface area contributed by atoms with Gasteiger partial charge in [0, 0.05) is 28.7 Å². The molecule has 198 valence electrons. The van der Waals surface area contributed by atoms with Gasteiger partial charge in [0.05, 0.1) is 18.7 Å². The molecule has 1 saturated heterocycles. The zero-order chi connectivity index (χ0) is 27.0. The highest BCUT2D eigenvalue weighted by Gasteiger charge is 2.62. The highest BCUT2D eigenvalue weighted by atomic mass is 16.5. The van der Waals surface area contributed by atoms with E-state index in [0.717, 1.165) is 31.5 Å². The Morgan fingerprint density at radius 1 is 1.27 bits per heavy atom. The van der Waals surface area contributed by atoms with Crippen molar-refractivity contribution in [1.29, 1.82) is 0 Å². The van der Waals surface area contributed by atoms with Crippen LogP contribution in [0, 0.1) is 11.8 Å². The summed E-state index contributed by atoms with van der Waals surface area (Å²) in [5.41, 5.74) is 8.67. The van der Waals surface area contributed by atoms with Crippen LogP contribution in [-0.4, -0.2) is 74.6 Å². The lowest BCUT2D eigenvalue weighted by atomic mass is 9.59. The van der Waals surface area contributed by atoms with Crippen LogP contribution in [0.15, 0.2) is 28.7 Å². The summed E-state index contributed by atoms with van der Waals surface area (Å²) in [5, 5.41) is 44.1. The molecule has 0 saturated carbocycles. The second-order valence-corrected chi connectivity index (χ2v) is 10.2. The van der Waals surface area contributed by atoms with Crippen molar-refractivity contribution in [3.63, 3.8) is 0 Å². The molecule has 1 fully saturated rings. The van der Waals surface area contributed by atoms with Crippen molar-refractivity contribution in [2.75, 3.05) is 20.2 Å². The highest BCUT2D eigenvalue weighted by Crippen LogP contribution is 2.53. The number of fused-ring (bicyclic) bond motifs is 3. The molecule has 0 bridgehead atoms. The normalized spacial score (nSPS) is 31.8. The van der Waals surface area contributed by atoms with Gasteiger partial charge >= 0.3 is 0 Å². The van der Waals surface area contributed by atoms with Gasteiger partial charge in [0.2, 0.25) is 5.78 Å². The van der Waals surface area contributed by atoms with E-state index in [-0.39, 0.29) is 35.8 Å². The number of ether oxygens (including phenoxy) is 1. The summed E-state index contributed by atoms with van der Waals surface area (Å²) in [6.45, 7) is 3.77. The maximum absolute atomic E-state index is 13.7. The molecule has 4 aliphatic rings. The lowest BCUT2D eigenvalue weighted by molar-refractivity contribution is -0.145. The van der Waals surface area contributed by atoms with Gasteiger partial charge in [-0.05, 0) is 50.8 Å². The Bertz CT molecular complexity index is 1300. The number of nitrogens with zero attached hydrogens (tertiary/aromatic N) is 1. The molecule has 5 atom stereocenters. The van der Waals surface area contributed by atoms with E-state index in [0.29, 0.717) is 11.3 Å². The molecule has 1 aromatic carbocycles. The number of carbonyl (C=O) groups is 3. The van der Waals surface area contributed by atoms with Gasteiger partial charge in [-0.2, -0.15) is 0 Å². The predicted octanol–water partition coefficient (Wildman–Crippen LogP) is 0.683. The van der Waals surface area contributed by atoms with Crippen LogP contribution in [0.2, 0.25) is 0 Å². The molecule has 1 heterocycles. The van der Waals surface area contributed by atoms with Gasteiger partial charge in [0.15, 0.2) is 11.4 Å². The zero-order valence-corrected chi connectivity index (χ0v) is 20.7. The van der Waals surface area contributed by atoms with Crippen molar-refractivity contribution >= 4 is 17.5 Å².